The quantitative estimate of drug-likeness (QED) is 0.560. The fourth-order valence-corrected chi connectivity index (χ4v) is 3.89. The van der Waals surface area contributed by atoms with Crippen molar-refractivity contribution in [3.8, 4) is 17.2 Å². The molecule has 0 fully saturated rings. The second kappa shape index (κ2) is 9.98. The predicted molar refractivity (Wildman–Crippen MR) is 113 cm³/mol. The van der Waals surface area contributed by atoms with Gasteiger partial charge in [-0.2, -0.15) is 0 Å². The number of furan rings is 1. The van der Waals surface area contributed by atoms with E-state index >= 15 is 0 Å². The third-order valence-electron chi connectivity index (χ3n) is 4.41. The Morgan fingerprint density at radius 2 is 1.73 bits per heavy atom. The van der Waals surface area contributed by atoms with Crippen molar-refractivity contribution in [1.29, 1.82) is 0 Å². The van der Waals surface area contributed by atoms with Gasteiger partial charge in [0.1, 0.15) is 11.5 Å². The van der Waals surface area contributed by atoms with Crippen LogP contribution >= 0.6 is 0 Å². The van der Waals surface area contributed by atoms with Crippen molar-refractivity contribution in [2.24, 2.45) is 0 Å². The van der Waals surface area contributed by atoms with Gasteiger partial charge in [0.05, 0.1) is 37.9 Å². The van der Waals surface area contributed by atoms with Crippen molar-refractivity contribution in [3.63, 3.8) is 0 Å². The lowest BCUT2D eigenvalue weighted by molar-refractivity contribution is 0.0921. The fourth-order valence-electron chi connectivity index (χ4n) is 2.87. The van der Waals surface area contributed by atoms with Gasteiger partial charge in [0.15, 0.2) is 17.3 Å². The van der Waals surface area contributed by atoms with E-state index in [9.17, 15) is 9.00 Å². The Morgan fingerprint density at radius 1 is 0.967 bits per heavy atom. The lowest BCUT2D eigenvalue weighted by Crippen LogP contribution is -2.22. The second-order valence-electron chi connectivity index (χ2n) is 6.27. The number of amides is 1. The Hall–Kier alpha value is -3.26. The van der Waals surface area contributed by atoms with Crippen LogP contribution < -0.4 is 19.5 Å². The molecule has 1 atom stereocenters. The Labute approximate surface area is 177 Å². The third kappa shape index (κ3) is 5.01. The van der Waals surface area contributed by atoms with Crippen molar-refractivity contribution >= 4 is 16.7 Å². The van der Waals surface area contributed by atoms with Gasteiger partial charge in [0, 0.05) is 17.0 Å². The summed E-state index contributed by atoms with van der Waals surface area (Å²) >= 11 is 0. The lowest BCUT2D eigenvalue weighted by Gasteiger charge is -2.12. The number of benzene rings is 2. The molecule has 7 nitrogen and oxygen atoms in total. The number of rotatable bonds is 9. The highest BCUT2D eigenvalue weighted by molar-refractivity contribution is 7.84. The summed E-state index contributed by atoms with van der Waals surface area (Å²) in [4.78, 5) is 13.1. The van der Waals surface area contributed by atoms with Crippen LogP contribution in [0.4, 0.5) is 0 Å². The molecule has 1 aromatic heterocycles. The number of para-hydroxylation sites is 1. The number of hydrogen-bond donors (Lipinski definition) is 1. The monoisotopic (exact) mass is 429 g/mol. The van der Waals surface area contributed by atoms with Gasteiger partial charge in [-0.1, -0.05) is 12.1 Å². The smallest absolute Gasteiger partial charge is 0.287 e. The summed E-state index contributed by atoms with van der Waals surface area (Å²) < 4.78 is 33.8. The number of ether oxygens (including phenoxy) is 3. The van der Waals surface area contributed by atoms with Crippen LogP contribution in [0.2, 0.25) is 0 Å². The molecule has 0 aliphatic heterocycles. The average molecular weight is 429 g/mol. The van der Waals surface area contributed by atoms with Gasteiger partial charge < -0.3 is 23.9 Å². The van der Waals surface area contributed by atoms with Gasteiger partial charge in [0.25, 0.3) is 5.91 Å². The van der Waals surface area contributed by atoms with E-state index in [4.69, 9.17) is 18.6 Å². The van der Waals surface area contributed by atoms with Crippen LogP contribution in [0.3, 0.4) is 0 Å². The number of hydrogen-bond acceptors (Lipinski definition) is 6. The van der Waals surface area contributed by atoms with Crippen molar-refractivity contribution in [1.82, 2.24) is 5.32 Å². The molecule has 158 valence electrons. The summed E-state index contributed by atoms with van der Waals surface area (Å²) in [7, 11) is 3.38. The number of carbonyl (C=O) groups excluding carboxylic acids is 1. The van der Waals surface area contributed by atoms with Crippen LogP contribution in [0.15, 0.2) is 63.9 Å². The lowest BCUT2D eigenvalue weighted by atomic mass is 10.2. The largest absolute Gasteiger partial charge is 0.497 e. The first-order chi connectivity index (χ1) is 14.5. The molecule has 8 heteroatoms. The maximum atomic E-state index is 12.5. The van der Waals surface area contributed by atoms with Gasteiger partial charge in [-0.3, -0.25) is 9.00 Å². The minimum Gasteiger partial charge on any atom is -0.497 e. The van der Waals surface area contributed by atoms with Crippen LogP contribution in [0.1, 0.15) is 21.9 Å². The molecule has 0 aliphatic rings. The van der Waals surface area contributed by atoms with E-state index < -0.39 is 10.8 Å². The van der Waals surface area contributed by atoms with Gasteiger partial charge in [-0.25, -0.2) is 0 Å². The topological polar surface area (TPSA) is 87.0 Å². The summed E-state index contributed by atoms with van der Waals surface area (Å²) in [5.41, 5.74) is 0.776. The zero-order valence-corrected chi connectivity index (χ0v) is 17.8. The van der Waals surface area contributed by atoms with E-state index in [1.54, 1.807) is 63.8 Å². The second-order valence-corrected chi connectivity index (χ2v) is 7.72. The predicted octanol–water partition coefficient (Wildman–Crippen LogP) is 3.54. The third-order valence-corrected chi connectivity index (χ3v) is 5.75. The van der Waals surface area contributed by atoms with Crippen molar-refractivity contribution in [2.75, 3.05) is 21.3 Å². The van der Waals surface area contributed by atoms with Crippen molar-refractivity contribution in [3.05, 3.63) is 71.7 Å². The van der Waals surface area contributed by atoms with Crippen LogP contribution in [0, 0.1) is 0 Å². The zero-order chi connectivity index (χ0) is 21.5. The van der Waals surface area contributed by atoms with Crippen LogP contribution in [-0.2, 0) is 23.1 Å². The van der Waals surface area contributed by atoms with Gasteiger partial charge in [0.2, 0.25) is 0 Å². The van der Waals surface area contributed by atoms with E-state index in [-0.39, 0.29) is 24.0 Å². The molecular weight excluding hydrogens is 406 g/mol. The maximum absolute atomic E-state index is 12.5. The molecule has 1 heterocycles. The van der Waals surface area contributed by atoms with Crippen molar-refractivity contribution < 1.29 is 27.6 Å². The minimum atomic E-state index is -1.30. The standard InChI is InChI=1S/C22H23NO6S/c1-26-16-7-10-18(11-8-16)30(25)14-17-9-12-20(29-17)22(24)23-13-15-5-4-6-19(27-2)21(15)28-3/h4-12H,13-14H2,1-3H3,(H,23,24). The van der Waals surface area contributed by atoms with Gasteiger partial charge in [-0.15, -0.1) is 0 Å². The molecule has 1 amide bonds. The molecule has 30 heavy (non-hydrogen) atoms. The summed E-state index contributed by atoms with van der Waals surface area (Å²) in [5.74, 6) is 2.26. The van der Waals surface area contributed by atoms with Gasteiger partial charge in [-0.05, 0) is 42.5 Å². The fraction of sp³-hybridized carbons (Fsp3) is 0.227. The number of methoxy groups -OCH3 is 3. The van der Waals surface area contributed by atoms with Crippen molar-refractivity contribution in [2.45, 2.75) is 17.2 Å². The van der Waals surface area contributed by atoms with E-state index in [1.165, 1.54) is 0 Å². The number of carbonyl (C=O) groups is 1. The molecule has 3 aromatic rings. The zero-order valence-electron chi connectivity index (χ0n) is 17.0. The van der Waals surface area contributed by atoms with Gasteiger partial charge >= 0.3 is 0 Å². The Bertz CT molecular complexity index is 1030. The summed E-state index contributed by atoms with van der Waals surface area (Å²) in [6.07, 6.45) is 0. The number of nitrogens with one attached hydrogen (secondary N) is 1. The van der Waals surface area contributed by atoms with E-state index in [1.807, 2.05) is 12.1 Å². The molecule has 0 bridgehead atoms. The van der Waals surface area contributed by atoms with E-state index in [2.05, 4.69) is 5.32 Å². The molecule has 1 N–H and O–H groups in total. The molecule has 3 rings (SSSR count). The highest BCUT2D eigenvalue weighted by Gasteiger charge is 2.15. The van der Waals surface area contributed by atoms with Crippen LogP contribution in [-0.4, -0.2) is 31.4 Å². The average Bonchev–Trinajstić information content (AvgIpc) is 3.25. The first-order valence-corrected chi connectivity index (χ1v) is 10.5. The Balaban J connectivity index is 1.61. The molecular formula is C22H23NO6S. The summed E-state index contributed by atoms with van der Waals surface area (Å²) in [6, 6.07) is 15.7. The van der Waals surface area contributed by atoms with Crippen LogP contribution in [0.25, 0.3) is 0 Å². The highest BCUT2D eigenvalue weighted by atomic mass is 32.2. The normalized spacial score (nSPS) is 11.6. The Kier molecular flexibility index (Phi) is 7.13. The molecule has 1 unspecified atom stereocenters. The SMILES string of the molecule is COc1ccc(S(=O)Cc2ccc(C(=O)NCc3cccc(OC)c3OC)o2)cc1. The first-order valence-electron chi connectivity index (χ1n) is 9.15. The molecule has 0 saturated heterocycles. The molecule has 2 aromatic carbocycles. The van der Waals surface area contributed by atoms with Crippen LogP contribution in [0.5, 0.6) is 17.2 Å². The molecule has 0 aliphatic carbocycles. The minimum absolute atomic E-state index is 0.151. The molecule has 0 radical (unpaired) electrons. The highest BCUT2D eigenvalue weighted by Crippen LogP contribution is 2.30. The molecule has 0 spiro atoms. The van der Waals surface area contributed by atoms with E-state index in [0.29, 0.717) is 27.9 Å². The maximum Gasteiger partial charge on any atom is 0.287 e. The first kappa shape index (κ1) is 21.4. The Morgan fingerprint density at radius 3 is 2.40 bits per heavy atom. The molecule has 0 saturated carbocycles. The summed E-state index contributed by atoms with van der Waals surface area (Å²) in [6.45, 7) is 0.243. The summed E-state index contributed by atoms with van der Waals surface area (Å²) in [5, 5.41) is 2.79. The van der Waals surface area contributed by atoms with E-state index in [0.717, 1.165) is 5.56 Å².